The highest BCUT2D eigenvalue weighted by Crippen LogP contribution is 2.23. The molecule has 0 fully saturated rings. The van der Waals surface area contributed by atoms with Crippen molar-refractivity contribution >= 4 is 16.6 Å². The molecule has 2 N–H and O–H groups in total. The minimum atomic E-state index is 0.778. The van der Waals surface area contributed by atoms with Gasteiger partial charge in [-0.1, -0.05) is 6.92 Å². The van der Waals surface area contributed by atoms with Crippen LogP contribution in [0.2, 0.25) is 0 Å². The van der Waals surface area contributed by atoms with Crippen LogP contribution in [0.3, 0.4) is 0 Å². The van der Waals surface area contributed by atoms with Crippen LogP contribution in [0.15, 0.2) is 18.2 Å². The molecule has 1 heterocycles. The van der Waals surface area contributed by atoms with Crippen LogP contribution in [-0.2, 0) is 6.42 Å². The molecule has 2 heteroatoms. The Morgan fingerprint density at radius 1 is 1.20 bits per heavy atom. The molecule has 0 aliphatic carbocycles. The average Bonchev–Trinajstić information content (AvgIpc) is 2.16. The van der Waals surface area contributed by atoms with Crippen molar-refractivity contribution < 1.29 is 0 Å². The SMILES string of the molecule is CCc1nc2c(N)cc(C)cc2cc1C. The number of hydrogen-bond acceptors (Lipinski definition) is 2. The fraction of sp³-hybridized carbons (Fsp3) is 0.308. The Kier molecular flexibility index (Phi) is 2.35. The maximum absolute atomic E-state index is 5.97. The number of nitrogens with zero attached hydrogens (tertiary/aromatic N) is 1. The molecule has 0 spiro atoms. The lowest BCUT2D eigenvalue weighted by molar-refractivity contribution is 1.03. The summed E-state index contributed by atoms with van der Waals surface area (Å²) in [7, 11) is 0. The van der Waals surface area contributed by atoms with E-state index in [-0.39, 0.29) is 0 Å². The zero-order valence-corrected chi connectivity index (χ0v) is 9.46. The van der Waals surface area contributed by atoms with E-state index in [4.69, 9.17) is 5.73 Å². The normalized spacial score (nSPS) is 10.9. The summed E-state index contributed by atoms with van der Waals surface area (Å²) < 4.78 is 0. The zero-order chi connectivity index (χ0) is 11.0. The van der Waals surface area contributed by atoms with Gasteiger partial charge in [-0.2, -0.15) is 0 Å². The third kappa shape index (κ3) is 1.67. The van der Waals surface area contributed by atoms with E-state index in [2.05, 4.69) is 37.9 Å². The number of anilines is 1. The standard InChI is InChI=1S/C13H16N2/c1-4-12-9(3)7-10-5-8(2)6-11(14)13(10)15-12/h5-7H,4,14H2,1-3H3. The maximum Gasteiger partial charge on any atom is 0.0934 e. The van der Waals surface area contributed by atoms with Gasteiger partial charge in [-0.3, -0.25) is 4.98 Å². The maximum atomic E-state index is 5.97. The molecule has 0 saturated heterocycles. The second-order valence-corrected chi connectivity index (χ2v) is 4.03. The molecule has 0 radical (unpaired) electrons. The molecular weight excluding hydrogens is 184 g/mol. The Morgan fingerprint density at radius 3 is 2.60 bits per heavy atom. The van der Waals surface area contributed by atoms with Gasteiger partial charge in [-0.25, -0.2) is 0 Å². The number of fused-ring (bicyclic) bond motifs is 1. The summed E-state index contributed by atoms with van der Waals surface area (Å²) in [6.07, 6.45) is 0.953. The van der Waals surface area contributed by atoms with E-state index in [1.807, 2.05) is 6.07 Å². The molecule has 15 heavy (non-hydrogen) atoms. The molecule has 0 bridgehead atoms. The van der Waals surface area contributed by atoms with Gasteiger partial charge in [0, 0.05) is 11.1 Å². The molecule has 2 rings (SSSR count). The Labute approximate surface area is 90.1 Å². The summed E-state index contributed by atoms with van der Waals surface area (Å²) >= 11 is 0. The largest absolute Gasteiger partial charge is 0.397 e. The third-order valence-electron chi connectivity index (χ3n) is 2.72. The third-order valence-corrected chi connectivity index (χ3v) is 2.72. The first-order chi connectivity index (χ1) is 7.11. The molecule has 0 unspecified atom stereocenters. The summed E-state index contributed by atoms with van der Waals surface area (Å²) in [5.74, 6) is 0. The molecule has 0 aliphatic heterocycles. The number of nitrogens with two attached hydrogens (primary N) is 1. The molecule has 2 nitrogen and oxygen atoms in total. The predicted molar refractivity (Wildman–Crippen MR) is 65.0 cm³/mol. The molecule has 78 valence electrons. The lowest BCUT2D eigenvalue weighted by atomic mass is 10.1. The Bertz CT molecular complexity index is 515. The van der Waals surface area contributed by atoms with E-state index in [1.165, 1.54) is 11.1 Å². The average molecular weight is 200 g/mol. The van der Waals surface area contributed by atoms with E-state index in [9.17, 15) is 0 Å². The molecule has 1 aromatic heterocycles. The summed E-state index contributed by atoms with van der Waals surface area (Å²) in [4.78, 5) is 4.61. The molecule has 0 aliphatic rings. The number of pyridine rings is 1. The molecular formula is C13H16N2. The van der Waals surface area contributed by atoms with Crippen molar-refractivity contribution in [2.45, 2.75) is 27.2 Å². The van der Waals surface area contributed by atoms with Gasteiger partial charge in [0.05, 0.1) is 11.2 Å². The van der Waals surface area contributed by atoms with Crippen LogP contribution >= 0.6 is 0 Å². The van der Waals surface area contributed by atoms with Crippen molar-refractivity contribution in [2.24, 2.45) is 0 Å². The number of aromatic nitrogens is 1. The zero-order valence-electron chi connectivity index (χ0n) is 9.46. The van der Waals surface area contributed by atoms with Crippen LogP contribution in [0.25, 0.3) is 10.9 Å². The number of nitrogen functional groups attached to an aromatic ring is 1. The first-order valence-corrected chi connectivity index (χ1v) is 5.28. The Morgan fingerprint density at radius 2 is 1.93 bits per heavy atom. The van der Waals surface area contributed by atoms with E-state index < -0.39 is 0 Å². The van der Waals surface area contributed by atoms with Gasteiger partial charge >= 0.3 is 0 Å². The molecule has 0 saturated carbocycles. The highest BCUT2D eigenvalue weighted by molar-refractivity contribution is 5.90. The smallest absolute Gasteiger partial charge is 0.0934 e. The molecule has 2 aromatic rings. The van der Waals surface area contributed by atoms with Crippen molar-refractivity contribution in [1.82, 2.24) is 4.98 Å². The van der Waals surface area contributed by atoms with E-state index in [1.54, 1.807) is 0 Å². The highest BCUT2D eigenvalue weighted by atomic mass is 14.7. The summed E-state index contributed by atoms with van der Waals surface area (Å²) in [6, 6.07) is 6.28. The first kappa shape index (κ1) is 9.97. The minimum Gasteiger partial charge on any atom is -0.397 e. The van der Waals surface area contributed by atoms with Crippen molar-refractivity contribution in [1.29, 1.82) is 0 Å². The second kappa shape index (κ2) is 3.54. The summed E-state index contributed by atoms with van der Waals surface area (Å²) in [5, 5.41) is 1.14. The van der Waals surface area contributed by atoms with E-state index >= 15 is 0 Å². The van der Waals surface area contributed by atoms with Gasteiger partial charge in [-0.05, 0) is 49.6 Å². The van der Waals surface area contributed by atoms with Crippen molar-refractivity contribution in [2.75, 3.05) is 5.73 Å². The lowest BCUT2D eigenvalue weighted by Crippen LogP contribution is -1.97. The fourth-order valence-electron chi connectivity index (χ4n) is 1.97. The number of benzene rings is 1. The van der Waals surface area contributed by atoms with Crippen molar-refractivity contribution in [3.63, 3.8) is 0 Å². The van der Waals surface area contributed by atoms with E-state index in [0.29, 0.717) is 0 Å². The summed E-state index contributed by atoms with van der Waals surface area (Å²) in [6.45, 7) is 6.27. The molecule has 0 amide bonds. The lowest BCUT2D eigenvalue weighted by Gasteiger charge is -2.08. The molecule has 1 aromatic carbocycles. The van der Waals surface area contributed by atoms with Crippen LogP contribution in [0.5, 0.6) is 0 Å². The Hall–Kier alpha value is -1.57. The Balaban J connectivity index is 2.81. The van der Waals surface area contributed by atoms with Crippen molar-refractivity contribution in [3.8, 4) is 0 Å². The first-order valence-electron chi connectivity index (χ1n) is 5.28. The minimum absolute atomic E-state index is 0.778. The van der Waals surface area contributed by atoms with Crippen LogP contribution in [0.1, 0.15) is 23.7 Å². The number of rotatable bonds is 1. The van der Waals surface area contributed by atoms with Crippen LogP contribution < -0.4 is 5.73 Å². The van der Waals surface area contributed by atoms with Gasteiger partial charge in [0.25, 0.3) is 0 Å². The second-order valence-electron chi connectivity index (χ2n) is 4.03. The number of hydrogen-bond donors (Lipinski definition) is 1. The van der Waals surface area contributed by atoms with Crippen molar-refractivity contribution in [3.05, 3.63) is 35.0 Å². The highest BCUT2D eigenvalue weighted by Gasteiger charge is 2.05. The molecule has 0 atom stereocenters. The quantitative estimate of drug-likeness (QED) is 0.719. The van der Waals surface area contributed by atoms with E-state index in [0.717, 1.165) is 28.7 Å². The van der Waals surface area contributed by atoms with Crippen LogP contribution in [-0.4, -0.2) is 4.98 Å². The fourth-order valence-corrected chi connectivity index (χ4v) is 1.97. The topological polar surface area (TPSA) is 38.9 Å². The van der Waals surface area contributed by atoms with Gasteiger partial charge in [-0.15, -0.1) is 0 Å². The van der Waals surface area contributed by atoms with Gasteiger partial charge in [0.15, 0.2) is 0 Å². The summed E-state index contributed by atoms with van der Waals surface area (Å²) in [5.41, 5.74) is 11.2. The number of aryl methyl sites for hydroxylation is 3. The van der Waals surface area contributed by atoms with Gasteiger partial charge in [0.1, 0.15) is 0 Å². The van der Waals surface area contributed by atoms with Gasteiger partial charge in [0.2, 0.25) is 0 Å². The monoisotopic (exact) mass is 200 g/mol. The predicted octanol–water partition coefficient (Wildman–Crippen LogP) is 3.00. The van der Waals surface area contributed by atoms with Crippen LogP contribution in [0.4, 0.5) is 5.69 Å². The van der Waals surface area contributed by atoms with Crippen LogP contribution in [0, 0.1) is 13.8 Å². The van der Waals surface area contributed by atoms with Gasteiger partial charge < -0.3 is 5.73 Å².